The molecule has 1 aromatic carbocycles. The highest BCUT2D eigenvalue weighted by molar-refractivity contribution is 9.10. The Morgan fingerprint density at radius 3 is 2.48 bits per heavy atom. The van der Waals surface area contributed by atoms with Gasteiger partial charge in [-0.15, -0.1) is 0 Å². The normalized spacial score (nSPS) is 13.9. The highest BCUT2D eigenvalue weighted by Crippen LogP contribution is 2.40. The van der Waals surface area contributed by atoms with Crippen molar-refractivity contribution >= 4 is 50.2 Å². The monoisotopic (exact) mass is 423 g/mol. The summed E-state index contributed by atoms with van der Waals surface area (Å²) >= 11 is 9.58. The predicted molar refractivity (Wildman–Crippen MR) is 99.1 cm³/mol. The summed E-state index contributed by atoms with van der Waals surface area (Å²) in [5, 5.41) is 3.42. The summed E-state index contributed by atoms with van der Waals surface area (Å²) in [6.45, 7) is 0. The van der Waals surface area contributed by atoms with Crippen LogP contribution >= 0.6 is 27.5 Å². The van der Waals surface area contributed by atoms with E-state index in [9.17, 15) is 0 Å². The van der Waals surface area contributed by atoms with Crippen LogP contribution in [0.4, 0.5) is 11.5 Å². The Kier molecular flexibility index (Phi) is 4.16. The van der Waals surface area contributed by atoms with E-state index in [1.54, 1.807) is 20.5 Å². The number of anilines is 2. The molecule has 0 unspecified atom stereocenters. The van der Waals surface area contributed by atoms with E-state index in [1.807, 2.05) is 12.1 Å². The Hall–Kier alpha value is -2.06. The molecule has 1 aliphatic rings. The van der Waals surface area contributed by atoms with Crippen LogP contribution in [0.25, 0.3) is 11.2 Å². The number of ether oxygens (including phenoxy) is 2. The third-order valence-corrected chi connectivity index (χ3v) is 4.99. The molecule has 0 radical (unpaired) electrons. The van der Waals surface area contributed by atoms with Crippen LogP contribution in [0.3, 0.4) is 0 Å². The van der Waals surface area contributed by atoms with Crippen LogP contribution in [0.15, 0.2) is 22.9 Å². The smallest absolute Gasteiger partial charge is 0.226 e. The van der Waals surface area contributed by atoms with E-state index < -0.39 is 0 Å². The first kappa shape index (κ1) is 16.4. The minimum absolute atomic E-state index is 0.174. The number of nitrogens with zero attached hydrogens (tertiary/aromatic N) is 4. The third kappa shape index (κ3) is 3.00. The lowest BCUT2D eigenvalue weighted by Crippen LogP contribution is -2.00. The molecule has 4 rings (SSSR count). The van der Waals surface area contributed by atoms with Crippen molar-refractivity contribution in [3.05, 3.63) is 28.2 Å². The van der Waals surface area contributed by atoms with E-state index in [0.29, 0.717) is 28.9 Å². The van der Waals surface area contributed by atoms with E-state index in [4.69, 9.17) is 21.1 Å². The van der Waals surface area contributed by atoms with Crippen LogP contribution in [0.5, 0.6) is 11.5 Å². The van der Waals surface area contributed by atoms with Gasteiger partial charge in [-0.2, -0.15) is 9.97 Å². The molecule has 9 heteroatoms. The Morgan fingerprint density at radius 1 is 1.20 bits per heavy atom. The zero-order chi connectivity index (χ0) is 17.6. The highest BCUT2D eigenvalue weighted by Gasteiger charge is 2.27. The molecule has 0 amide bonds. The van der Waals surface area contributed by atoms with Gasteiger partial charge in [0.1, 0.15) is 16.0 Å². The first-order valence-electron chi connectivity index (χ1n) is 7.69. The number of fused-ring (bicyclic) bond motifs is 1. The number of hydrogen-bond acceptors (Lipinski definition) is 6. The average Bonchev–Trinajstić information content (AvgIpc) is 3.36. The van der Waals surface area contributed by atoms with Crippen molar-refractivity contribution in [2.24, 2.45) is 0 Å². The number of benzene rings is 1. The van der Waals surface area contributed by atoms with Crippen molar-refractivity contribution < 1.29 is 9.47 Å². The van der Waals surface area contributed by atoms with Crippen molar-refractivity contribution in [1.29, 1.82) is 0 Å². The summed E-state index contributed by atoms with van der Waals surface area (Å²) in [4.78, 5) is 13.1. The predicted octanol–water partition coefficient (Wildman–Crippen LogP) is 4.34. The maximum atomic E-state index is 6.13. The van der Waals surface area contributed by atoms with Crippen molar-refractivity contribution in [3.8, 4) is 11.5 Å². The van der Waals surface area contributed by atoms with Crippen LogP contribution in [0, 0.1) is 0 Å². The molecule has 1 N–H and O–H groups in total. The minimum atomic E-state index is 0.174. The second kappa shape index (κ2) is 6.34. The van der Waals surface area contributed by atoms with Crippen molar-refractivity contribution in [2.75, 3.05) is 19.5 Å². The van der Waals surface area contributed by atoms with E-state index in [-0.39, 0.29) is 5.28 Å². The molecule has 1 fully saturated rings. The second-order valence-corrected chi connectivity index (χ2v) is 6.85. The number of imidazole rings is 1. The molecule has 2 heterocycles. The number of nitrogens with one attached hydrogen (secondary N) is 1. The van der Waals surface area contributed by atoms with Crippen LogP contribution in [0.2, 0.25) is 5.28 Å². The fourth-order valence-corrected chi connectivity index (χ4v) is 3.39. The number of rotatable bonds is 5. The molecule has 1 aliphatic carbocycles. The lowest BCUT2D eigenvalue weighted by Gasteiger charge is -2.13. The molecule has 25 heavy (non-hydrogen) atoms. The van der Waals surface area contributed by atoms with Crippen molar-refractivity contribution in [2.45, 2.75) is 18.9 Å². The molecule has 0 saturated heterocycles. The van der Waals surface area contributed by atoms with E-state index in [2.05, 4.69) is 40.8 Å². The van der Waals surface area contributed by atoms with Gasteiger partial charge < -0.3 is 19.4 Å². The Bertz CT molecular complexity index is 932. The lowest BCUT2D eigenvalue weighted by atomic mass is 10.2. The summed E-state index contributed by atoms with van der Waals surface area (Å²) in [6, 6.07) is 4.13. The fraction of sp³-hybridized carbons (Fsp3) is 0.312. The standard InChI is InChI=1S/C16H15BrClN5O2/c1-24-10-5-8(6-11(25-2)12(10)17)20-14-13-15(22-16(18)21-14)23(7-19-13)9-3-4-9/h5-7,9H,3-4H2,1-2H3,(H,20,21,22). The number of halogens is 2. The molecule has 1 saturated carbocycles. The third-order valence-electron chi connectivity index (χ3n) is 4.04. The minimum Gasteiger partial charge on any atom is -0.495 e. The van der Waals surface area contributed by atoms with Gasteiger partial charge in [-0.1, -0.05) is 0 Å². The van der Waals surface area contributed by atoms with Gasteiger partial charge in [0.25, 0.3) is 0 Å². The van der Waals surface area contributed by atoms with Gasteiger partial charge in [-0.3, -0.25) is 0 Å². The maximum absolute atomic E-state index is 6.13. The van der Waals surface area contributed by atoms with Gasteiger partial charge in [0.2, 0.25) is 5.28 Å². The van der Waals surface area contributed by atoms with Crippen molar-refractivity contribution in [3.63, 3.8) is 0 Å². The van der Waals surface area contributed by atoms with Gasteiger partial charge in [0, 0.05) is 23.9 Å². The van der Waals surface area contributed by atoms with Gasteiger partial charge in [0.15, 0.2) is 17.0 Å². The Balaban J connectivity index is 1.78. The number of hydrogen-bond donors (Lipinski definition) is 1. The summed E-state index contributed by atoms with van der Waals surface area (Å²) in [5.74, 6) is 1.82. The maximum Gasteiger partial charge on any atom is 0.226 e. The molecule has 0 atom stereocenters. The molecular formula is C16H15BrClN5O2. The highest BCUT2D eigenvalue weighted by atomic mass is 79.9. The first-order chi connectivity index (χ1) is 12.1. The number of aromatic nitrogens is 4. The van der Waals surface area contributed by atoms with Gasteiger partial charge in [-0.05, 0) is 40.4 Å². The summed E-state index contributed by atoms with van der Waals surface area (Å²) in [5.41, 5.74) is 2.16. The molecule has 2 aromatic heterocycles. The molecule has 0 bridgehead atoms. The van der Waals surface area contributed by atoms with Crippen LogP contribution in [-0.4, -0.2) is 33.7 Å². The second-order valence-electron chi connectivity index (χ2n) is 5.72. The Labute approximate surface area is 157 Å². The zero-order valence-electron chi connectivity index (χ0n) is 13.6. The molecule has 130 valence electrons. The topological polar surface area (TPSA) is 74.1 Å². The first-order valence-corrected chi connectivity index (χ1v) is 8.86. The van der Waals surface area contributed by atoms with Crippen LogP contribution < -0.4 is 14.8 Å². The molecular weight excluding hydrogens is 410 g/mol. The van der Waals surface area contributed by atoms with Gasteiger partial charge >= 0.3 is 0 Å². The molecule has 3 aromatic rings. The van der Waals surface area contributed by atoms with Crippen molar-refractivity contribution in [1.82, 2.24) is 19.5 Å². The molecule has 0 aliphatic heterocycles. The summed E-state index contributed by atoms with van der Waals surface area (Å²) in [6.07, 6.45) is 4.06. The molecule has 0 spiro atoms. The van der Waals surface area contributed by atoms with E-state index >= 15 is 0 Å². The van der Waals surface area contributed by atoms with Gasteiger partial charge in [-0.25, -0.2) is 4.98 Å². The van der Waals surface area contributed by atoms with Crippen LogP contribution in [0.1, 0.15) is 18.9 Å². The average molecular weight is 425 g/mol. The number of methoxy groups -OCH3 is 2. The Morgan fingerprint density at radius 2 is 1.88 bits per heavy atom. The quantitative estimate of drug-likeness (QED) is 0.614. The summed E-state index contributed by atoms with van der Waals surface area (Å²) in [7, 11) is 3.20. The lowest BCUT2D eigenvalue weighted by molar-refractivity contribution is 0.390. The summed E-state index contributed by atoms with van der Waals surface area (Å²) < 4.78 is 13.5. The van der Waals surface area contributed by atoms with Gasteiger partial charge in [0.05, 0.1) is 20.5 Å². The fourth-order valence-electron chi connectivity index (χ4n) is 2.68. The molecule has 7 nitrogen and oxygen atoms in total. The van der Waals surface area contributed by atoms with E-state index in [0.717, 1.165) is 28.6 Å². The SMILES string of the molecule is COc1cc(Nc2nc(Cl)nc3c2ncn3C2CC2)cc(OC)c1Br. The van der Waals surface area contributed by atoms with E-state index in [1.165, 1.54) is 0 Å². The zero-order valence-corrected chi connectivity index (χ0v) is 15.9. The van der Waals surface area contributed by atoms with Crippen LogP contribution in [-0.2, 0) is 0 Å². The largest absolute Gasteiger partial charge is 0.495 e.